The Morgan fingerprint density at radius 2 is 0.923 bits per heavy atom. The second-order valence-corrected chi connectivity index (χ2v) is 9.25. The topological polar surface area (TPSA) is 26.0 Å². The lowest BCUT2D eigenvalue weighted by atomic mass is 9.80. The van der Waals surface area contributed by atoms with Gasteiger partial charge in [0.05, 0.1) is 0 Å². The second-order valence-electron chi connectivity index (χ2n) is 9.25. The van der Waals surface area contributed by atoms with Gasteiger partial charge in [-0.2, -0.15) is 0 Å². The molecule has 2 N–H and O–H groups in total. The van der Waals surface area contributed by atoms with Crippen LogP contribution < -0.4 is 5.73 Å². The van der Waals surface area contributed by atoms with E-state index in [0.717, 1.165) is 0 Å². The number of rotatable bonds is 20. The molecule has 0 aromatic carbocycles. The molecule has 1 nitrogen and oxygen atoms in total. The van der Waals surface area contributed by atoms with Gasteiger partial charge in [0.2, 0.25) is 0 Å². The number of hydrogen-bond acceptors (Lipinski definition) is 1. The summed E-state index contributed by atoms with van der Waals surface area (Å²) in [6.45, 7) is 9.21. The molecule has 0 amide bonds. The van der Waals surface area contributed by atoms with Crippen molar-refractivity contribution >= 4 is 0 Å². The van der Waals surface area contributed by atoms with E-state index in [4.69, 9.17) is 5.73 Å². The summed E-state index contributed by atoms with van der Waals surface area (Å²) in [6.07, 6.45) is 26.6. The monoisotopic (exact) mass is 367 g/mol. The third kappa shape index (κ3) is 16.2. The molecule has 26 heavy (non-hydrogen) atoms. The van der Waals surface area contributed by atoms with Gasteiger partial charge in [-0.05, 0) is 25.7 Å². The predicted molar refractivity (Wildman–Crippen MR) is 121 cm³/mol. The number of nitrogens with two attached hydrogens (primary N) is 1. The molecule has 0 aliphatic rings. The zero-order valence-electron chi connectivity index (χ0n) is 19.1. The Balaban J connectivity index is 3.34. The third-order valence-electron chi connectivity index (χ3n) is 6.44. The average molecular weight is 368 g/mol. The van der Waals surface area contributed by atoms with Gasteiger partial charge in [-0.15, -0.1) is 0 Å². The molecule has 0 spiro atoms. The van der Waals surface area contributed by atoms with Crippen molar-refractivity contribution in [3.8, 4) is 0 Å². The van der Waals surface area contributed by atoms with Crippen molar-refractivity contribution in [2.24, 2.45) is 11.7 Å². The smallest absolute Gasteiger partial charge is 0.0151 e. The van der Waals surface area contributed by atoms with Gasteiger partial charge in [-0.25, -0.2) is 0 Å². The molecule has 0 saturated carbocycles. The normalized spacial score (nSPS) is 15.1. The van der Waals surface area contributed by atoms with E-state index in [2.05, 4.69) is 27.7 Å². The number of hydrogen-bond donors (Lipinski definition) is 1. The van der Waals surface area contributed by atoms with E-state index in [-0.39, 0.29) is 5.54 Å². The summed E-state index contributed by atoms with van der Waals surface area (Å²) in [5.41, 5.74) is 6.60. The number of unbranched alkanes of at least 4 members (excludes halogenated alkanes) is 15. The van der Waals surface area contributed by atoms with Crippen LogP contribution in [-0.4, -0.2) is 5.54 Å². The van der Waals surface area contributed by atoms with Gasteiger partial charge in [-0.3, -0.25) is 0 Å². The molecule has 0 aromatic heterocycles. The van der Waals surface area contributed by atoms with E-state index < -0.39 is 0 Å². The Morgan fingerprint density at radius 1 is 0.577 bits per heavy atom. The summed E-state index contributed by atoms with van der Waals surface area (Å²) in [4.78, 5) is 0. The molecule has 1 heteroatoms. The molecule has 0 aliphatic heterocycles. The highest BCUT2D eigenvalue weighted by atomic mass is 14.7. The fourth-order valence-electron chi connectivity index (χ4n) is 3.98. The van der Waals surface area contributed by atoms with Crippen molar-refractivity contribution in [2.45, 2.75) is 155 Å². The molecule has 0 aliphatic carbocycles. The van der Waals surface area contributed by atoms with E-state index in [9.17, 15) is 0 Å². The Bertz CT molecular complexity index is 271. The van der Waals surface area contributed by atoms with Crippen molar-refractivity contribution in [1.29, 1.82) is 0 Å². The molecule has 0 radical (unpaired) electrons. The largest absolute Gasteiger partial charge is 0.325 e. The van der Waals surface area contributed by atoms with Crippen LogP contribution in [0.15, 0.2) is 0 Å². The lowest BCUT2D eigenvalue weighted by Gasteiger charge is -2.32. The van der Waals surface area contributed by atoms with Crippen molar-refractivity contribution in [3.05, 3.63) is 0 Å². The van der Waals surface area contributed by atoms with Crippen LogP contribution in [0.4, 0.5) is 0 Å². The Morgan fingerprint density at radius 3 is 1.35 bits per heavy atom. The molecule has 0 rings (SSSR count). The molecule has 2 atom stereocenters. The second kappa shape index (κ2) is 18.3. The minimum absolute atomic E-state index is 0.0473. The molecular weight excluding hydrogens is 314 g/mol. The highest BCUT2D eigenvalue weighted by Gasteiger charge is 2.25. The summed E-state index contributed by atoms with van der Waals surface area (Å²) < 4.78 is 0. The van der Waals surface area contributed by atoms with Crippen molar-refractivity contribution in [1.82, 2.24) is 0 Å². The van der Waals surface area contributed by atoms with Gasteiger partial charge in [0.25, 0.3) is 0 Å². The van der Waals surface area contributed by atoms with E-state index in [1.54, 1.807) is 0 Å². The standard InChI is InChI=1S/C25H53N/c1-5-7-9-10-11-12-13-14-15-16-17-18-19-20-22-24(3)25(4,26)23-21-8-6-2/h24H,5-23,26H2,1-4H3. The van der Waals surface area contributed by atoms with Crippen LogP contribution in [0.25, 0.3) is 0 Å². The quantitative estimate of drug-likeness (QED) is 0.214. The average Bonchev–Trinajstić information content (AvgIpc) is 2.62. The first-order valence-electron chi connectivity index (χ1n) is 12.3. The fourth-order valence-corrected chi connectivity index (χ4v) is 3.98. The molecular formula is C25H53N. The van der Waals surface area contributed by atoms with Gasteiger partial charge in [-0.1, -0.05) is 130 Å². The molecule has 0 heterocycles. The van der Waals surface area contributed by atoms with Gasteiger partial charge in [0, 0.05) is 5.54 Å². The lowest BCUT2D eigenvalue weighted by Crippen LogP contribution is -2.42. The van der Waals surface area contributed by atoms with Crippen molar-refractivity contribution in [2.75, 3.05) is 0 Å². The van der Waals surface area contributed by atoms with E-state index in [0.29, 0.717) is 5.92 Å². The van der Waals surface area contributed by atoms with Crippen LogP contribution in [0.2, 0.25) is 0 Å². The van der Waals surface area contributed by atoms with Crippen LogP contribution in [0.1, 0.15) is 150 Å². The minimum atomic E-state index is 0.0473. The maximum Gasteiger partial charge on any atom is 0.0151 e. The fraction of sp³-hybridized carbons (Fsp3) is 1.00. The third-order valence-corrected chi connectivity index (χ3v) is 6.44. The van der Waals surface area contributed by atoms with E-state index in [1.165, 1.54) is 122 Å². The highest BCUT2D eigenvalue weighted by molar-refractivity contribution is 4.84. The Kier molecular flexibility index (Phi) is 18.3. The molecule has 0 fully saturated rings. The van der Waals surface area contributed by atoms with Crippen LogP contribution in [0.3, 0.4) is 0 Å². The first-order chi connectivity index (χ1) is 12.5. The maximum atomic E-state index is 6.56. The van der Waals surface area contributed by atoms with Crippen LogP contribution >= 0.6 is 0 Å². The van der Waals surface area contributed by atoms with Crippen molar-refractivity contribution in [3.63, 3.8) is 0 Å². The summed E-state index contributed by atoms with van der Waals surface area (Å²) in [7, 11) is 0. The van der Waals surface area contributed by atoms with Crippen LogP contribution in [0.5, 0.6) is 0 Å². The van der Waals surface area contributed by atoms with Gasteiger partial charge >= 0.3 is 0 Å². The van der Waals surface area contributed by atoms with Crippen molar-refractivity contribution < 1.29 is 0 Å². The summed E-state index contributed by atoms with van der Waals surface area (Å²) in [5, 5.41) is 0. The minimum Gasteiger partial charge on any atom is -0.325 e. The molecule has 0 bridgehead atoms. The first kappa shape index (κ1) is 26.0. The van der Waals surface area contributed by atoms with E-state index >= 15 is 0 Å². The predicted octanol–water partition coefficient (Wildman–Crippen LogP) is 8.79. The highest BCUT2D eigenvalue weighted by Crippen LogP contribution is 2.26. The van der Waals surface area contributed by atoms with Gasteiger partial charge in [0.1, 0.15) is 0 Å². The van der Waals surface area contributed by atoms with Crippen LogP contribution in [-0.2, 0) is 0 Å². The lowest BCUT2D eigenvalue weighted by molar-refractivity contribution is 0.266. The summed E-state index contributed by atoms with van der Waals surface area (Å²) in [6, 6.07) is 0. The Labute approximate surface area is 167 Å². The molecule has 0 saturated heterocycles. The molecule has 158 valence electrons. The summed E-state index contributed by atoms with van der Waals surface area (Å²) >= 11 is 0. The van der Waals surface area contributed by atoms with E-state index in [1.807, 2.05) is 0 Å². The Hall–Kier alpha value is -0.0400. The SMILES string of the molecule is CCCCCCCCCCCCCCCCC(C)C(C)(N)CCCCC. The summed E-state index contributed by atoms with van der Waals surface area (Å²) in [5.74, 6) is 0.664. The van der Waals surface area contributed by atoms with Crippen LogP contribution in [0, 0.1) is 5.92 Å². The first-order valence-corrected chi connectivity index (χ1v) is 12.3. The molecule has 2 unspecified atom stereocenters. The molecule has 0 aromatic rings. The zero-order chi connectivity index (χ0) is 19.5. The van der Waals surface area contributed by atoms with Gasteiger partial charge in [0.15, 0.2) is 0 Å². The maximum absolute atomic E-state index is 6.56. The zero-order valence-corrected chi connectivity index (χ0v) is 19.1. The van der Waals surface area contributed by atoms with Gasteiger partial charge < -0.3 is 5.73 Å².